The molecule has 9 nitrogen and oxygen atoms in total. The van der Waals surface area contributed by atoms with E-state index in [1.165, 1.54) is 0 Å². The van der Waals surface area contributed by atoms with Crippen LogP contribution in [0.5, 0.6) is 5.75 Å². The molecular weight excluding hydrogens is 446 g/mol. The van der Waals surface area contributed by atoms with Gasteiger partial charge in [0.2, 0.25) is 15.9 Å². The minimum Gasteiger partial charge on any atom is -0.492 e. The lowest BCUT2D eigenvalue weighted by Gasteiger charge is -2.24. The Morgan fingerprint density at radius 3 is 2.58 bits per heavy atom. The second-order valence-corrected chi connectivity index (χ2v) is 9.52. The maximum Gasteiger partial charge on any atom is 0.253 e. The Morgan fingerprint density at radius 2 is 1.88 bits per heavy atom. The summed E-state index contributed by atoms with van der Waals surface area (Å²) in [4.78, 5) is 25.5. The van der Waals surface area contributed by atoms with E-state index < -0.39 is 22.5 Å². The van der Waals surface area contributed by atoms with E-state index in [9.17, 15) is 18.0 Å². The SMILES string of the molecule is CCOc1ccccc1N(CC(=O)Nc1ccccc1C(=O)NC[C@H]1CCCO1)S(C)(=O)=O. The van der Waals surface area contributed by atoms with Crippen LogP contribution >= 0.6 is 0 Å². The molecule has 0 unspecified atom stereocenters. The second-order valence-electron chi connectivity index (χ2n) is 7.61. The highest BCUT2D eigenvalue weighted by Gasteiger charge is 2.25. The predicted octanol–water partition coefficient (Wildman–Crippen LogP) is 2.40. The maximum absolute atomic E-state index is 12.8. The van der Waals surface area contributed by atoms with E-state index in [1.807, 2.05) is 0 Å². The lowest BCUT2D eigenvalue weighted by Crippen LogP contribution is -2.38. The van der Waals surface area contributed by atoms with Crippen molar-refractivity contribution in [1.29, 1.82) is 0 Å². The molecule has 2 aromatic carbocycles. The van der Waals surface area contributed by atoms with E-state index in [1.54, 1.807) is 55.5 Å². The smallest absolute Gasteiger partial charge is 0.253 e. The number of carbonyl (C=O) groups excluding carboxylic acids is 2. The lowest BCUT2D eigenvalue weighted by atomic mass is 10.1. The van der Waals surface area contributed by atoms with Crippen LogP contribution in [-0.2, 0) is 19.6 Å². The van der Waals surface area contributed by atoms with Gasteiger partial charge in [0.05, 0.1) is 35.9 Å². The van der Waals surface area contributed by atoms with Crippen LogP contribution in [-0.4, -0.2) is 58.9 Å². The number of anilines is 2. The highest BCUT2D eigenvalue weighted by atomic mass is 32.2. The van der Waals surface area contributed by atoms with E-state index in [-0.39, 0.29) is 23.3 Å². The fourth-order valence-electron chi connectivity index (χ4n) is 3.54. The van der Waals surface area contributed by atoms with E-state index in [2.05, 4.69) is 10.6 Å². The normalized spacial score (nSPS) is 15.6. The fourth-order valence-corrected chi connectivity index (χ4v) is 4.40. The van der Waals surface area contributed by atoms with Gasteiger partial charge in [-0.3, -0.25) is 13.9 Å². The van der Waals surface area contributed by atoms with Gasteiger partial charge in [0, 0.05) is 13.2 Å². The molecule has 1 saturated heterocycles. The first-order valence-electron chi connectivity index (χ1n) is 10.8. The molecule has 1 aliphatic heterocycles. The Morgan fingerprint density at radius 1 is 1.15 bits per heavy atom. The van der Waals surface area contributed by atoms with E-state index in [4.69, 9.17) is 9.47 Å². The molecule has 0 radical (unpaired) electrons. The van der Waals surface area contributed by atoms with Gasteiger partial charge in [-0.15, -0.1) is 0 Å². The zero-order valence-electron chi connectivity index (χ0n) is 18.7. The average molecular weight is 476 g/mol. The molecule has 1 heterocycles. The van der Waals surface area contributed by atoms with Crippen molar-refractivity contribution in [2.75, 3.05) is 42.2 Å². The molecule has 33 heavy (non-hydrogen) atoms. The third kappa shape index (κ3) is 6.69. The lowest BCUT2D eigenvalue weighted by molar-refractivity contribution is -0.114. The summed E-state index contributed by atoms with van der Waals surface area (Å²) in [5, 5.41) is 5.49. The quantitative estimate of drug-likeness (QED) is 0.546. The van der Waals surface area contributed by atoms with E-state index >= 15 is 0 Å². The van der Waals surface area contributed by atoms with Crippen LogP contribution in [0, 0.1) is 0 Å². The molecule has 1 fully saturated rings. The van der Waals surface area contributed by atoms with Crippen molar-refractivity contribution < 1.29 is 27.5 Å². The Kier molecular flexibility index (Phi) is 8.29. The number of benzene rings is 2. The average Bonchev–Trinajstić information content (AvgIpc) is 3.30. The number of sulfonamides is 1. The van der Waals surface area contributed by atoms with Gasteiger partial charge < -0.3 is 20.1 Å². The zero-order valence-corrected chi connectivity index (χ0v) is 19.6. The number of hydrogen-bond acceptors (Lipinski definition) is 6. The molecule has 2 N–H and O–H groups in total. The third-order valence-electron chi connectivity index (χ3n) is 5.08. The molecule has 2 aromatic rings. The topological polar surface area (TPSA) is 114 Å². The number of ether oxygens (including phenoxy) is 2. The van der Waals surface area contributed by atoms with E-state index in [0.29, 0.717) is 31.2 Å². The van der Waals surface area contributed by atoms with Gasteiger partial charge >= 0.3 is 0 Å². The molecule has 1 aliphatic rings. The summed E-state index contributed by atoms with van der Waals surface area (Å²) < 4.78 is 37.0. The minimum atomic E-state index is -3.79. The van der Waals surface area contributed by atoms with Crippen molar-refractivity contribution in [3.8, 4) is 5.75 Å². The number of nitrogens with zero attached hydrogens (tertiary/aromatic N) is 1. The summed E-state index contributed by atoms with van der Waals surface area (Å²) in [6.45, 7) is 2.73. The van der Waals surface area contributed by atoms with Crippen molar-refractivity contribution in [3.05, 3.63) is 54.1 Å². The molecule has 178 valence electrons. The van der Waals surface area contributed by atoms with Gasteiger partial charge in [-0.2, -0.15) is 0 Å². The first kappa shape index (κ1) is 24.5. The van der Waals surface area contributed by atoms with Crippen molar-refractivity contribution in [3.63, 3.8) is 0 Å². The first-order chi connectivity index (χ1) is 15.8. The maximum atomic E-state index is 12.8. The third-order valence-corrected chi connectivity index (χ3v) is 6.21. The van der Waals surface area contributed by atoms with Crippen LogP contribution in [0.1, 0.15) is 30.1 Å². The van der Waals surface area contributed by atoms with Crippen molar-refractivity contribution >= 4 is 33.2 Å². The second kappa shape index (κ2) is 11.2. The Hall–Kier alpha value is -3.11. The van der Waals surface area contributed by atoms with Crippen LogP contribution in [0.3, 0.4) is 0 Å². The van der Waals surface area contributed by atoms with Gasteiger partial charge in [-0.25, -0.2) is 8.42 Å². The summed E-state index contributed by atoms with van der Waals surface area (Å²) in [6, 6.07) is 13.2. The summed E-state index contributed by atoms with van der Waals surface area (Å²) in [5.41, 5.74) is 0.836. The van der Waals surface area contributed by atoms with Crippen LogP contribution in [0.25, 0.3) is 0 Å². The van der Waals surface area contributed by atoms with Gasteiger partial charge in [-0.1, -0.05) is 24.3 Å². The molecule has 0 aliphatic carbocycles. The Bertz CT molecular complexity index is 1080. The number of carbonyl (C=O) groups is 2. The van der Waals surface area contributed by atoms with Crippen LogP contribution in [0.15, 0.2) is 48.5 Å². The summed E-state index contributed by atoms with van der Waals surface area (Å²) >= 11 is 0. The molecule has 0 bridgehead atoms. The largest absolute Gasteiger partial charge is 0.492 e. The zero-order chi connectivity index (χ0) is 23.8. The van der Waals surface area contributed by atoms with Gasteiger partial charge in [0.15, 0.2) is 0 Å². The Balaban J connectivity index is 1.74. The summed E-state index contributed by atoms with van der Waals surface area (Å²) in [7, 11) is -3.79. The first-order valence-corrected chi connectivity index (χ1v) is 12.6. The van der Waals surface area contributed by atoms with Gasteiger partial charge in [0.25, 0.3) is 5.91 Å². The number of rotatable bonds is 10. The molecule has 10 heteroatoms. The van der Waals surface area contributed by atoms with Gasteiger partial charge in [-0.05, 0) is 44.0 Å². The number of para-hydroxylation sites is 3. The number of hydrogen-bond donors (Lipinski definition) is 2. The summed E-state index contributed by atoms with van der Waals surface area (Å²) in [6.07, 6.45) is 2.87. The van der Waals surface area contributed by atoms with Crippen LogP contribution in [0.2, 0.25) is 0 Å². The van der Waals surface area contributed by atoms with Crippen molar-refractivity contribution in [2.45, 2.75) is 25.9 Å². The van der Waals surface area contributed by atoms with E-state index in [0.717, 1.165) is 23.4 Å². The number of amides is 2. The fraction of sp³-hybridized carbons (Fsp3) is 0.391. The van der Waals surface area contributed by atoms with Crippen molar-refractivity contribution in [2.24, 2.45) is 0 Å². The van der Waals surface area contributed by atoms with Gasteiger partial charge in [0.1, 0.15) is 12.3 Å². The standard InChI is InChI=1S/C23H29N3O6S/c1-3-31-21-13-7-6-12-20(21)26(33(2,29)30)16-22(27)25-19-11-5-4-10-18(19)23(28)24-15-17-9-8-14-32-17/h4-7,10-13,17H,3,8-9,14-16H2,1-2H3,(H,24,28)(H,25,27)/t17-/m1/s1. The molecule has 0 saturated carbocycles. The molecule has 2 amide bonds. The predicted molar refractivity (Wildman–Crippen MR) is 126 cm³/mol. The Labute approximate surface area is 194 Å². The van der Waals surface area contributed by atoms with Crippen LogP contribution in [0.4, 0.5) is 11.4 Å². The van der Waals surface area contributed by atoms with Crippen LogP contribution < -0.4 is 19.7 Å². The molecule has 1 atom stereocenters. The van der Waals surface area contributed by atoms with Crippen molar-refractivity contribution in [1.82, 2.24) is 5.32 Å². The summed E-state index contributed by atoms with van der Waals surface area (Å²) in [5.74, 6) is -0.582. The minimum absolute atomic E-state index is 0.00979. The molecule has 0 aromatic heterocycles. The molecule has 0 spiro atoms. The monoisotopic (exact) mass is 475 g/mol. The highest BCUT2D eigenvalue weighted by molar-refractivity contribution is 7.92. The number of nitrogens with one attached hydrogen (secondary N) is 2. The molecular formula is C23H29N3O6S. The molecule has 3 rings (SSSR count). The highest BCUT2D eigenvalue weighted by Crippen LogP contribution is 2.30.